The molecule has 0 amide bonds. The number of methoxy groups -OCH3 is 1. The van der Waals surface area contributed by atoms with Gasteiger partial charge in [0.2, 0.25) is 0 Å². The Morgan fingerprint density at radius 3 is 2.68 bits per heavy atom. The van der Waals surface area contributed by atoms with E-state index in [0.29, 0.717) is 35.6 Å². The molecule has 0 unspecified atom stereocenters. The minimum absolute atomic E-state index is 0.539. The number of hydrogen-bond donors (Lipinski definition) is 2. The van der Waals surface area contributed by atoms with E-state index in [1.54, 1.807) is 21.2 Å². The predicted octanol–water partition coefficient (Wildman–Crippen LogP) is 2.04. The summed E-state index contributed by atoms with van der Waals surface area (Å²) in [5.74, 6) is 1.92. The number of nitrogens with zero attached hydrogens (tertiary/aromatic N) is 1. The summed E-state index contributed by atoms with van der Waals surface area (Å²) in [6, 6.07) is 3.75. The van der Waals surface area contributed by atoms with Gasteiger partial charge in [-0.05, 0) is 24.6 Å². The first-order valence-corrected chi connectivity index (χ1v) is 6.41. The summed E-state index contributed by atoms with van der Waals surface area (Å²) in [6.07, 6.45) is 0. The maximum Gasteiger partial charge on any atom is 0.190 e. The third-order valence-electron chi connectivity index (χ3n) is 2.50. The normalized spacial score (nSPS) is 11.1. The van der Waals surface area contributed by atoms with Gasteiger partial charge in [-0.3, -0.25) is 4.99 Å². The highest BCUT2D eigenvalue weighted by Crippen LogP contribution is 2.36. The smallest absolute Gasteiger partial charge is 0.190 e. The van der Waals surface area contributed by atoms with Crippen LogP contribution in [0.1, 0.15) is 12.5 Å². The van der Waals surface area contributed by atoms with Crippen LogP contribution in [0.3, 0.4) is 0 Å². The van der Waals surface area contributed by atoms with Crippen molar-refractivity contribution in [1.29, 1.82) is 0 Å². The Morgan fingerprint density at radius 2 is 2.16 bits per heavy atom. The summed E-state index contributed by atoms with van der Waals surface area (Å²) in [7, 11) is 5.11. The zero-order valence-corrected chi connectivity index (χ0v) is 12.5. The molecular formula is C13H20ClN3O2. The van der Waals surface area contributed by atoms with Gasteiger partial charge >= 0.3 is 0 Å². The lowest BCUT2D eigenvalue weighted by atomic mass is 10.2. The van der Waals surface area contributed by atoms with Gasteiger partial charge in [0.25, 0.3) is 0 Å². The fourth-order valence-corrected chi connectivity index (χ4v) is 1.91. The average Bonchev–Trinajstić information content (AvgIpc) is 2.42. The first-order valence-electron chi connectivity index (χ1n) is 6.03. The number of nitrogens with one attached hydrogen (secondary N) is 2. The molecule has 0 atom stereocenters. The molecule has 2 N–H and O–H groups in total. The van der Waals surface area contributed by atoms with Crippen LogP contribution in [0.4, 0.5) is 0 Å². The average molecular weight is 286 g/mol. The van der Waals surface area contributed by atoms with Crippen molar-refractivity contribution in [1.82, 2.24) is 10.6 Å². The van der Waals surface area contributed by atoms with E-state index in [4.69, 9.17) is 21.1 Å². The molecule has 0 radical (unpaired) electrons. The lowest BCUT2D eigenvalue weighted by Crippen LogP contribution is -2.34. The van der Waals surface area contributed by atoms with Crippen LogP contribution in [0.5, 0.6) is 11.5 Å². The Morgan fingerprint density at radius 1 is 1.42 bits per heavy atom. The molecule has 1 aromatic rings. The molecule has 0 aliphatic rings. The van der Waals surface area contributed by atoms with Crippen molar-refractivity contribution < 1.29 is 9.47 Å². The molecule has 106 valence electrons. The number of guanidine groups is 1. The summed E-state index contributed by atoms with van der Waals surface area (Å²) >= 11 is 6.20. The summed E-state index contributed by atoms with van der Waals surface area (Å²) < 4.78 is 10.8. The monoisotopic (exact) mass is 285 g/mol. The standard InChI is InChI=1S/C13H20ClN3O2/c1-5-19-12-10(14)6-9(7-11(12)18-4)8-17-13(15-2)16-3/h6-7H,5,8H2,1-4H3,(H2,15,16,17). The van der Waals surface area contributed by atoms with Crippen LogP contribution >= 0.6 is 11.6 Å². The van der Waals surface area contributed by atoms with E-state index in [0.717, 1.165) is 5.56 Å². The van der Waals surface area contributed by atoms with Crippen LogP contribution in [-0.4, -0.2) is 33.8 Å². The Hall–Kier alpha value is -1.62. The SMILES string of the molecule is CCOc1c(Cl)cc(CNC(=NC)NC)cc1OC. The molecule has 0 spiro atoms. The molecule has 0 fully saturated rings. The molecular weight excluding hydrogens is 266 g/mol. The number of aliphatic imine (C=N–C) groups is 1. The lowest BCUT2D eigenvalue weighted by molar-refractivity contribution is 0.311. The van der Waals surface area contributed by atoms with Gasteiger partial charge < -0.3 is 20.1 Å². The molecule has 0 aliphatic heterocycles. The molecule has 1 aromatic carbocycles. The molecule has 19 heavy (non-hydrogen) atoms. The molecule has 1 rings (SSSR count). The maximum absolute atomic E-state index is 6.20. The fraction of sp³-hybridized carbons (Fsp3) is 0.462. The van der Waals surface area contributed by atoms with E-state index in [1.807, 2.05) is 19.1 Å². The first-order chi connectivity index (χ1) is 9.15. The number of ether oxygens (including phenoxy) is 2. The molecule has 0 bridgehead atoms. The van der Waals surface area contributed by atoms with Crippen molar-refractivity contribution >= 4 is 17.6 Å². The minimum atomic E-state index is 0.539. The number of halogens is 1. The third-order valence-corrected chi connectivity index (χ3v) is 2.78. The van der Waals surface area contributed by atoms with Crippen molar-refractivity contribution in [2.24, 2.45) is 4.99 Å². The highest BCUT2D eigenvalue weighted by molar-refractivity contribution is 6.32. The van der Waals surface area contributed by atoms with E-state index < -0.39 is 0 Å². The van der Waals surface area contributed by atoms with Crippen LogP contribution in [0, 0.1) is 0 Å². The number of benzene rings is 1. The summed E-state index contributed by atoms with van der Waals surface area (Å²) in [5.41, 5.74) is 0.988. The highest BCUT2D eigenvalue weighted by Gasteiger charge is 2.11. The molecule has 5 nitrogen and oxygen atoms in total. The second-order valence-corrected chi connectivity index (χ2v) is 4.13. The first kappa shape index (κ1) is 15.4. The van der Waals surface area contributed by atoms with Crippen molar-refractivity contribution in [3.63, 3.8) is 0 Å². The van der Waals surface area contributed by atoms with Gasteiger partial charge in [0.1, 0.15) is 0 Å². The fourth-order valence-electron chi connectivity index (χ4n) is 1.62. The molecule has 0 heterocycles. The van der Waals surface area contributed by atoms with Gasteiger partial charge in [0.05, 0.1) is 18.7 Å². The second-order valence-electron chi connectivity index (χ2n) is 3.72. The van der Waals surface area contributed by atoms with Crippen molar-refractivity contribution in [2.45, 2.75) is 13.5 Å². The van der Waals surface area contributed by atoms with Gasteiger partial charge in [0, 0.05) is 20.6 Å². The molecule has 0 aliphatic carbocycles. The summed E-state index contributed by atoms with van der Waals surface area (Å²) in [5, 5.41) is 6.64. The Labute approximate surface area is 119 Å². The quantitative estimate of drug-likeness (QED) is 0.642. The molecule has 0 saturated heterocycles. The maximum atomic E-state index is 6.20. The predicted molar refractivity (Wildman–Crippen MR) is 78.4 cm³/mol. The number of hydrogen-bond acceptors (Lipinski definition) is 3. The topological polar surface area (TPSA) is 54.9 Å². The molecule has 0 saturated carbocycles. The molecule has 6 heteroatoms. The summed E-state index contributed by atoms with van der Waals surface area (Å²) in [4.78, 5) is 4.04. The lowest BCUT2D eigenvalue weighted by Gasteiger charge is -2.14. The third kappa shape index (κ3) is 4.21. The van der Waals surface area contributed by atoms with Crippen LogP contribution in [0.15, 0.2) is 17.1 Å². The second kappa shape index (κ2) is 7.74. The van der Waals surface area contributed by atoms with E-state index in [9.17, 15) is 0 Å². The minimum Gasteiger partial charge on any atom is -0.493 e. The van der Waals surface area contributed by atoms with E-state index in [-0.39, 0.29) is 0 Å². The van der Waals surface area contributed by atoms with Gasteiger partial charge in [0.15, 0.2) is 17.5 Å². The zero-order valence-electron chi connectivity index (χ0n) is 11.7. The van der Waals surface area contributed by atoms with Gasteiger partial charge in [-0.1, -0.05) is 11.6 Å². The van der Waals surface area contributed by atoms with Gasteiger partial charge in [-0.2, -0.15) is 0 Å². The van der Waals surface area contributed by atoms with Crippen LogP contribution < -0.4 is 20.1 Å². The van der Waals surface area contributed by atoms with Crippen LogP contribution in [0.2, 0.25) is 5.02 Å². The summed E-state index contributed by atoms with van der Waals surface area (Å²) in [6.45, 7) is 3.04. The van der Waals surface area contributed by atoms with Crippen LogP contribution in [-0.2, 0) is 6.54 Å². The van der Waals surface area contributed by atoms with Crippen molar-refractivity contribution in [3.05, 3.63) is 22.7 Å². The van der Waals surface area contributed by atoms with Gasteiger partial charge in [-0.15, -0.1) is 0 Å². The zero-order chi connectivity index (χ0) is 14.3. The number of rotatable bonds is 5. The van der Waals surface area contributed by atoms with E-state index in [2.05, 4.69) is 15.6 Å². The van der Waals surface area contributed by atoms with E-state index in [1.165, 1.54) is 0 Å². The largest absolute Gasteiger partial charge is 0.493 e. The Balaban J connectivity index is 2.89. The van der Waals surface area contributed by atoms with Crippen LogP contribution in [0.25, 0.3) is 0 Å². The Bertz CT molecular complexity index is 450. The molecule has 0 aromatic heterocycles. The van der Waals surface area contributed by atoms with E-state index >= 15 is 0 Å². The van der Waals surface area contributed by atoms with Gasteiger partial charge in [-0.25, -0.2) is 0 Å². The van der Waals surface area contributed by atoms with Crippen molar-refractivity contribution in [3.8, 4) is 11.5 Å². The Kier molecular flexibility index (Phi) is 6.29. The highest BCUT2D eigenvalue weighted by atomic mass is 35.5. The van der Waals surface area contributed by atoms with Crippen molar-refractivity contribution in [2.75, 3.05) is 27.8 Å².